The third-order valence-electron chi connectivity index (χ3n) is 7.05. The largest absolute Gasteiger partial charge is 0.328 e. The predicted molar refractivity (Wildman–Crippen MR) is 126 cm³/mol. The fraction of sp³-hybridized carbons (Fsp3) is 0.370. The quantitative estimate of drug-likeness (QED) is 0.702. The summed E-state index contributed by atoms with van der Waals surface area (Å²) in [6.07, 6.45) is 10.4. The highest BCUT2D eigenvalue weighted by Crippen LogP contribution is 2.33. The fourth-order valence-corrected chi connectivity index (χ4v) is 5.23. The van der Waals surface area contributed by atoms with Crippen LogP contribution in [-0.2, 0) is 24.3 Å². The Kier molecular flexibility index (Phi) is 5.74. The first kappa shape index (κ1) is 21.4. The second-order valence-electron chi connectivity index (χ2n) is 9.30. The van der Waals surface area contributed by atoms with Gasteiger partial charge in [-0.1, -0.05) is 30.7 Å². The number of likely N-dealkylation sites (tertiary alicyclic amines) is 1. The maximum atomic E-state index is 13.1. The Balaban J connectivity index is 1.16. The molecule has 33 heavy (non-hydrogen) atoms. The van der Waals surface area contributed by atoms with Gasteiger partial charge in [0, 0.05) is 50.1 Å². The number of aryl methyl sites for hydroxylation is 1. The number of aromatic nitrogens is 1. The number of hydrogen-bond donors (Lipinski definition) is 1. The van der Waals surface area contributed by atoms with Gasteiger partial charge in [-0.15, -0.1) is 6.42 Å². The maximum absolute atomic E-state index is 13.1. The van der Waals surface area contributed by atoms with Crippen LogP contribution in [0, 0.1) is 18.3 Å². The van der Waals surface area contributed by atoms with Gasteiger partial charge in [-0.2, -0.15) is 0 Å². The lowest BCUT2D eigenvalue weighted by atomic mass is 9.90. The van der Waals surface area contributed by atoms with Crippen molar-refractivity contribution in [3.63, 3.8) is 0 Å². The van der Waals surface area contributed by atoms with Crippen LogP contribution in [0.2, 0.25) is 0 Å². The van der Waals surface area contributed by atoms with Crippen molar-refractivity contribution in [2.45, 2.75) is 44.8 Å². The molecule has 3 aliphatic rings. The number of terminal acetylenes is 1. The predicted octanol–water partition coefficient (Wildman–Crippen LogP) is 2.88. The number of nitrogens with one attached hydrogen (secondary N) is 1. The number of carbonyl (C=O) groups excluding carboxylic acids is 2. The van der Waals surface area contributed by atoms with Gasteiger partial charge < -0.3 is 10.2 Å². The molecule has 0 aliphatic carbocycles. The minimum Gasteiger partial charge on any atom is -0.328 e. The van der Waals surface area contributed by atoms with E-state index in [1.807, 2.05) is 29.3 Å². The molecule has 1 unspecified atom stereocenters. The van der Waals surface area contributed by atoms with E-state index in [-0.39, 0.29) is 17.9 Å². The molecule has 0 bridgehead atoms. The van der Waals surface area contributed by atoms with E-state index in [4.69, 9.17) is 6.42 Å². The van der Waals surface area contributed by atoms with E-state index in [2.05, 4.69) is 39.8 Å². The summed E-state index contributed by atoms with van der Waals surface area (Å²) in [5.74, 6) is 3.25. The fourth-order valence-electron chi connectivity index (χ4n) is 5.23. The Morgan fingerprint density at radius 3 is 2.79 bits per heavy atom. The number of benzene rings is 1. The molecular formula is C27H28N4O2. The molecule has 6 heteroatoms. The third kappa shape index (κ3) is 4.29. The molecule has 1 atom stereocenters. The van der Waals surface area contributed by atoms with Crippen LogP contribution < -0.4 is 5.32 Å². The summed E-state index contributed by atoms with van der Waals surface area (Å²) in [5, 5.41) is 2.81. The van der Waals surface area contributed by atoms with Crippen LogP contribution in [-0.4, -0.2) is 45.7 Å². The van der Waals surface area contributed by atoms with E-state index in [9.17, 15) is 9.59 Å². The maximum Gasteiger partial charge on any atom is 0.255 e. The summed E-state index contributed by atoms with van der Waals surface area (Å²) >= 11 is 0. The summed E-state index contributed by atoms with van der Waals surface area (Å²) < 4.78 is 0. The van der Waals surface area contributed by atoms with Gasteiger partial charge in [-0.05, 0) is 54.0 Å². The second-order valence-corrected chi connectivity index (χ2v) is 9.30. The lowest BCUT2D eigenvalue weighted by Crippen LogP contribution is -2.46. The number of pyridine rings is 1. The molecule has 1 aromatic carbocycles. The highest BCUT2D eigenvalue weighted by atomic mass is 16.2. The number of nitrogens with zero attached hydrogens (tertiary/aromatic N) is 3. The number of rotatable bonds is 6. The lowest BCUT2D eigenvalue weighted by molar-refractivity contribution is -0.121. The molecule has 2 aromatic rings. The second kappa shape index (κ2) is 8.84. The number of hydrogen-bond acceptors (Lipinski definition) is 4. The Labute approximate surface area is 194 Å². The topological polar surface area (TPSA) is 65.5 Å². The van der Waals surface area contributed by atoms with Gasteiger partial charge in [0.15, 0.2) is 0 Å². The van der Waals surface area contributed by atoms with Crippen molar-refractivity contribution in [1.29, 1.82) is 0 Å². The molecular weight excluding hydrogens is 412 g/mol. The molecule has 0 radical (unpaired) electrons. The molecule has 1 N–H and O–H groups in total. The lowest BCUT2D eigenvalue weighted by Gasteiger charge is -2.39. The van der Waals surface area contributed by atoms with Crippen molar-refractivity contribution in [3.05, 3.63) is 76.8 Å². The zero-order valence-corrected chi connectivity index (χ0v) is 18.7. The average Bonchev–Trinajstić information content (AvgIpc) is 3.12. The highest BCUT2D eigenvalue weighted by molar-refractivity contribution is 5.99. The monoisotopic (exact) mass is 440 g/mol. The van der Waals surface area contributed by atoms with E-state index >= 15 is 0 Å². The van der Waals surface area contributed by atoms with Gasteiger partial charge in [0.25, 0.3) is 5.91 Å². The molecule has 4 heterocycles. The summed E-state index contributed by atoms with van der Waals surface area (Å²) in [4.78, 5) is 33.3. The molecule has 3 aliphatic heterocycles. The Hall–Kier alpha value is -3.43. The van der Waals surface area contributed by atoms with Crippen LogP contribution in [0.1, 0.15) is 52.0 Å². The van der Waals surface area contributed by atoms with Gasteiger partial charge in [0.1, 0.15) is 5.69 Å². The Morgan fingerprint density at radius 2 is 2.06 bits per heavy atom. The summed E-state index contributed by atoms with van der Waals surface area (Å²) in [6.45, 7) is 7.66. The Bertz CT molecular complexity index is 1140. The summed E-state index contributed by atoms with van der Waals surface area (Å²) in [5.41, 5.74) is 5.70. The first-order chi connectivity index (χ1) is 16.0. The average molecular weight is 441 g/mol. The van der Waals surface area contributed by atoms with Crippen LogP contribution in [0.15, 0.2) is 48.8 Å². The van der Waals surface area contributed by atoms with Crippen molar-refractivity contribution in [1.82, 2.24) is 20.1 Å². The van der Waals surface area contributed by atoms with Crippen LogP contribution in [0.25, 0.3) is 0 Å². The van der Waals surface area contributed by atoms with Crippen LogP contribution in [0.5, 0.6) is 0 Å². The van der Waals surface area contributed by atoms with Gasteiger partial charge in [-0.3, -0.25) is 14.5 Å². The molecule has 5 rings (SSSR count). The SMILES string of the molecule is C#Cc1ccc(CN2CC(CCc3cccc4c3CN(C3CCC(=O)NC3=C)C4=O)C2)cn1. The molecule has 6 nitrogen and oxygen atoms in total. The van der Waals surface area contributed by atoms with E-state index < -0.39 is 0 Å². The zero-order chi connectivity index (χ0) is 22.9. The number of amides is 2. The van der Waals surface area contributed by atoms with E-state index in [1.165, 1.54) is 11.1 Å². The van der Waals surface area contributed by atoms with Crippen molar-refractivity contribution >= 4 is 11.8 Å². The van der Waals surface area contributed by atoms with Gasteiger partial charge in [-0.25, -0.2) is 4.98 Å². The smallest absolute Gasteiger partial charge is 0.255 e. The summed E-state index contributed by atoms with van der Waals surface area (Å²) in [7, 11) is 0. The number of piperidine rings is 1. The Morgan fingerprint density at radius 1 is 1.21 bits per heavy atom. The molecule has 0 spiro atoms. The van der Waals surface area contributed by atoms with E-state index in [1.54, 1.807) is 0 Å². The minimum atomic E-state index is -0.125. The van der Waals surface area contributed by atoms with Crippen molar-refractivity contribution in [3.8, 4) is 12.3 Å². The molecule has 2 saturated heterocycles. The van der Waals surface area contributed by atoms with Crippen LogP contribution in [0.4, 0.5) is 0 Å². The van der Waals surface area contributed by atoms with Crippen molar-refractivity contribution in [2.24, 2.45) is 5.92 Å². The molecule has 1 aromatic heterocycles. The van der Waals surface area contributed by atoms with Gasteiger partial charge in [0.05, 0.1) is 6.04 Å². The van der Waals surface area contributed by atoms with Gasteiger partial charge in [0.2, 0.25) is 5.91 Å². The van der Waals surface area contributed by atoms with E-state index in [0.29, 0.717) is 36.7 Å². The standard InChI is InChI=1S/C27H28N4O2/c1-3-22-10-8-19(13-28-22)14-30-15-20(16-30)7-9-21-5-4-6-23-24(21)17-31(27(23)33)25-11-12-26(32)29-18(25)2/h1,4-6,8,10,13,20,25H,2,7,9,11-12,14-17H2,(H,29,32). The normalized spacial score (nSPS) is 20.9. The van der Waals surface area contributed by atoms with E-state index in [0.717, 1.165) is 43.6 Å². The minimum absolute atomic E-state index is 0.0171. The first-order valence-electron chi connectivity index (χ1n) is 11.6. The first-order valence-corrected chi connectivity index (χ1v) is 11.6. The molecule has 2 fully saturated rings. The number of fused-ring (bicyclic) bond motifs is 1. The van der Waals surface area contributed by atoms with Crippen LogP contribution >= 0.6 is 0 Å². The van der Waals surface area contributed by atoms with Gasteiger partial charge >= 0.3 is 0 Å². The van der Waals surface area contributed by atoms with Crippen molar-refractivity contribution in [2.75, 3.05) is 13.1 Å². The molecule has 2 amide bonds. The summed E-state index contributed by atoms with van der Waals surface area (Å²) in [6, 6.07) is 9.90. The number of carbonyl (C=O) groups is 2. The highest BCUT2D eigenvalue weighted by Gasteiger charge is 2.37. The van der Waals surface area contributed by atoms with Crippen molar-refractivity contribution < 1.29 is 9.59 Å². The molecule has 168 valence electrons. The third-order valence-corrected chi connectivity index (χ3v) is 7.05. The molecule has 0 saturated carbocycles. The van der Waals surface area contributed by atoms with Crippen LogP contribution in [0.3, 0.4) is 0 Å². The zero-order valence-electron chi connectivity index (χ0n) is 18.7.